The first-order valence-electron chi connectivity index (χ1n) is 12.3. The number of benzene rings is 2. The number of carboxylic acids is 1. The van der Waals surface area contributed by atoms with Gasteiger partial charge in [-0.2, -0.15) is 0 Å². The van der Waals surface area contributed by atoms with Gasteiger partial charge in [-0.05, 0) is 53.6 Å². The molecule has 5 rings (SSSR count). The van der Waals surface area contributed by atoms with Crippen molar-refractivity contribution in [3.8, 4) is 11.5 Å². The highest BCUT2D eigenvalue weighted by molar-refractivity contribution is 7.10. The Morgan fingerprint density at radius 1 is 1.03 bits per heavy atom. The summed E-state index contributed by atoms with van der Waals surface area (Å²) in [6.45, 7) is 0. The molecule has 196 valence electrons. The molecule has 1 aliphatic carbocycles. The van der Waals surface area contributed by atoms with Crippen molar-refractivity contribution in [1.29, 1.82) is 0 Å². The summed E-state index contributed by atoms with van der Waals surface area (Å²) in [5, 5.41) is 14.6. The van der Waals surface area contributed by atoms with Gasteiger partial charge in [-0.15, -0.1) is 11.3 Å². The van der Waals surface area contributed by atoms with Crippen molar-refractivity contribution in [3.63, 3.8) is 0 Å². The van der Waals surface area contributed by atoms with Gasteiger partial charge in [-0.25, -0.2) is 0 Å². The van der Waals surface area contributed by atoms with Crippen LogP contribution in [0.25, 0.3) is 0 Å². The first kappa shape index (κ1) is 25.5. The molecule has 8 nitrogen and oxygen atoms in total. The maximum Gasteiger partial charge on any atom is 0.303 e. The smallest absolute Gasteiger partial charge is 0.303 e. The second-order valence-electron chi connectivity index (χ2n) is 9.25. The highest BCUT2D eigenvalue weighted by atomic mass is 32.1. The van der Waals surface area contributed by atoms with Crippen LogP contribution in [0.15, 0.2) is 71.2 Å². The summed E-state index contributed by atoms with van der Waals surface area (Å²) in [6.07, 6.45) is 0.370. The van der Waals surface area contributed by atoms with E-state index in [-0.39, 0.29) is 36.9 Å². The lowest BCUT2D eigenvalue weighted by atomic mass is 9.79. The van der Waals surface area contributed by atoms with Crippen LogP contribution in [-0.2, 0) is 14.4 Å². The maximum absolute atomic E-state index is 14.0. The van der Waals surface area contributed by atoms with Crippen LogP contribution in [-0.4, -0.2) is 37.0 Å². The minimum atomic E-state index is -1.04. The molecule has 9 heteroatoms. The predicted molar refractivity (Wildman–Crippen MR) is 145 cm³/mol. The Bertz CT molecular complexity index is 1410. The predicted octanol–water partition coefficient (Wildman–Crippen LogP) is 5.53. The number of ketones is 1. The second-order valence-corrected chi connectivity index (χ2v) is 10.2. The molecular weight excluding hydrogens is 504 g/mol. The molecule has 0 bridgehead atoms. The lowest BCUT2D eigenvalue weighted by molar-refractivity contribution is -0.138. The van der Waals surface area contributed by atoms with Crippen molar-refractivity contribution < 1.29 is 29.0 Å². The van der Waals surface area contributed by atoms with E-state index in [1.54, 1.807) is 19.1 Å². The average molecular weight is 533 g/mol. The monoisotopic (exact) mass is 532 g/mol. The van der Waals surface area contributed by atoms with Gasteiger partial charge < -0.3 is 19.9 Å². The number of hydrogen-bond donors (Lipinski definition) is 2. The van der Waals surface area contributed by atoms with E-state index in [1.165, 1.54) is 11.3 Å². The fourth-order valence-electron chi connectivity index (χ4n) is 5.26. The molecule has 3 aromatic rings. The molecule has 2 heterocycles. The maximum atomic E-state index is 14.0. The van der Waals surface area contributed by atoms with Crippen LogP contribution in [0.3, 0.4) is 0 Å². The Kier molecular flexibility index (Phi) is 7.20. The van der Waals surface area contributed by atoms with E-state index in [1.807, 2.05) is 60.0 Å². The first-order chi connectivity index (χ1) is 18.4. The van der Waals surface area contributed by atoms with Gasteiger partial charge in [-0.3, -0.25) is 19.3 Å². The summed E-state index contributed by atoms with van der Waals surface area (Å²) >= 11 is 1.47. The Hall–Kier alpha value is -4.11. The number of allylic oxidation sites excluding steroid dienone is 1. The number of anilines is 2. The summed E-state index contributed by atoms with van der Waals surface area (Å²) in [4.78, 5) is 41.3. The molecule has 2 aromatic carbocycles. The quantitative estimate of drug-likeness (QED) is 0.412. The number of aliphatic carboxylic acids is 1. The van der Waals surface area contributed by atoms with Crippen molar-refractivity contribution >= 4 is 40.4 Å². The van der Waals surface area contributed by atoms with Gasteiger partial charge in [0.15, 0.2) is 17.3 Å². The van der Waals surface area contributed by atoms with Crippen LogP contribution >= 0.6 is 11.3 Å². The second kappa shape index (κ2) is 10.7. The molecule has 38 heavy (non-hydrogen) atoms. The molecule has 2 N–H and O–H groups in total. The number of methoxy groups -OCH3 is 2. The zero-order valence-electron chi connectivity index (χ0n) is 21.1. The number of rotatable bonds is 7. The van der Waals surface area contributed by atoms with Crippen LogP contribution in [0, 0.1) is 0 Å². The lowest BCUT2D eigenvalue weighted by Crippen LogP contribution is -2.38. The van der Waals surface area contributed by atoms with Gasteiger partial charge in [0.2, 0.25) is 5.91 Å². The summed E-state index contributed by atoms with van der Waals surface area (Å²) in [7, 11) is 3.17. The van der Waals surface area contributed by atoms with Gasteiger partial charge in [0.1, 0.15) is 6.04 Å². The van der Waals surface area contributed by atoms with Crippen LogP contribution in [0.1, 0.15) is 48.1 Å². The van der Waals surface area contributed by atoms with Crippen LogP contribution in [0.4, 0.5) is 11.4 Å². The van der Waals surface area contributed by atoms with Crippen LogP contribution in [0.5, 0.6) is 11.5 Å². The number of carbonyl (C=O) groups excluding carboxylic acids is 2. The molecule has 0 radical (unpaired) electrons. The molecule has 0 saturated heterocycles. The third-order valence-corrected chi connectivity index (χ3v) is 7.93. The molecule has 0 fully saturated rings. The zero-order valence-corrected chi connectivity index (χ0v) is 21.9. The SMILES string of the molecule is COc1ccc([C@@H]2CC(=O)C3=C(C2)Nc2ccccc2N(C(=O)CCC(=O)O)[C@H]3c2cccs2)cc1OC. The van der Waals surface area contributed by atoms with Gasteiger partial charge >= 0.3 is 5.97 Å². The van der Waals surface area contributed by atoms with E-state index in [4.69, 9.17) is 9.47 Å². The van der Waals surface area contributed by atoms with Crippen molar-refractivity contribution in [2.75, 3.05) is 24.4 Å². The molecule has 1 aromatic heterocycles. The molecule has 1 amide bonds. The highest BCUT2D eigenvalue weighted by Crippen LogP contribution is 2.48. The largest absolute Gasteiger partial charge is 0.493 e. The van der Waals surface area contributed by atoms with Crippen molar-refractivity contribution in [2.45, 2.75) is 37.6 Å². The Labute approximate surface area is 224 Å². The average Bonchev–Trinajstić information content (AvgIpc) is 3.40. The minimum Gasteiger partial charge on any atom is -0.493 e. The number of hydrogen-bond acceptors (Lipinski definition) is 7. The lowest BCUT2D eigenvalue weighted by Gasteiger charge is -2.34. The number of Topliss-reactive ketones (excluding diaryl/α,β-unsaturated/α-hetero) is 1. The number of nitrogens with zero attached hydrogens (tertiary/aromatic N) is 1. The van der Waals surface area contributed by atoms with E-state index in [0.29, 0.717) is 34.9 Å². The standard InChI is InChI=1S/C29H28N2O6S/c1-36-23-10-9-17(16-24(23)37-2)18-14-20-28(22(32)15-18)29(25-8-5-13-38-25)31(26(33)11-12-27(34)35)21-7-4-3-6-19(21)30-20/h3-10,13,16,18,29-30H,11-12,14-15H2,1-2H3,(H,34,35)/t18-,29-/m0/s1. The Balaban J connectivity index is 1.62. The van der Waals surface area contributed by atoms with Gasteiger partial charge in [0, 0.05) is 29.0 Å². The number of thiophene rings is 1. The van der Waals surface area contributed by atoms with E-state index >= 15 is 0 Å². The molecule has 0 saturated carbocycles. The molecule has 2 atom stereocenters. The Morgan fingerprint density at radius 3 is 2.53 bits per heavy atom. The number of para-hydroxylation sites is 2. The number of fused-ring (bicyclic) bond motifs is 1. The highest BCUT2D eigenvalue weighted by Gasteiger charge is 2.42. The van der Waals surface area contributed by atoms with E-state index < -0.39 is 12.0 Å². The topological polar surface area (TPSA) is 105 Å². The van der Waals surface area contributed by atoms with Crippen molar-refractivity contribution in [1.82, 2.24) is 0 Å². The molecule has 1 aliphatic heterocycles. The number of nitrogens with one attached hydrogen (secondary N) is 1. The zero-order chi connectivity index (χ0) is 26.8. The summed E-state index contributed by atoms with van der Waals surface area (Å²) in [6, 6.07) is 16.3. The normalized spacial score (nSPS) is 18.7. The fourth-order valence-corrected chi connectivity index (χ4v) is 6.08. The number of amides is 1. The third kappa shape index (κ3) is 4.77. The summed E-state index contributed by atoms with van der Waals surface area (Å²) < 4.78 is 10.9. The molecule has 2 aliphatic rings. The van der Waals surface area contributed by atoms with Crippen molar-refractivity contribution in [3.05, 3.63) is 81.7 Å². The Morgan fingerprint density at radius 2 is 1.82 bits per heavy atom. The molecular formula is C29H28N2O6S. The first-order valence-corrected chi connectivity index (χ1v) is 13.2. The van der Waals surface area contributed by atoms with Crippen LogP contribution in [0.2, 0.25) is 0 Å². The number of carbonyl (C=O) groups is 3. The molecule has 0 spiro atoms. The molecule has 0 unspecified atom stereocenters. The van der Waals surface area contributed by atoms with Gasteiger partial charge in [0.25, 0.3) is 0 Å². The number of ether oxygens (including phenoxy) is 2. The van der Waals surface area contributed by atoms with Crippen LogP contribution < -0.4 is 19.7 Å². The fraction of sp³-hybridized carbons (Fsp3) is 0.276. The minimum absolute atomic E-state index is 0.0548. The van der Waals surface area contributed by atoms with Gasteiger partial charge in [0.05, 0.1) is 32.0 Å². The van der Waals surface area contributed by atoms with E-state index in [9.17, 15) is 19.5 Å². The van der Waals surface area contributed by atoms with Crippen molar-refractivity contribution in [2.24, 2.45) is 0 Å². The third-order valence-electron chi connectivity index (χ3n) is 7.00. The van der Waals surface area contributed by atoms with Gasteiger partial charge in [-0.1, -0.05) is 24.3 Å². The summed E-state index contributed by atoms with van der Waals surface area (Å²) in [5.74, 6) is -0.321. The summed E-state index contributed by atoms with van der Waals surface area (Å²) in [5.41, 5.74) is 3.59. The van der Waals surface area contributed by atoms with E-state index in [2.05, 4.69) is 5.32 Å². The van der Waals surface area contributed by atoms with E-state index in [0.717, 1.165) is 16.1 Å². The number of carboxylic acid groups (broad SMARTS) is 1.